The third-order valence-corrected chi connectivity index (χ3v) is 2.98. The molecule has 0 heterocycles. The molecule has 0 amide bonds. The van der Waals surface area contributed by atoms with Gasteiger partial charge in [0, 0.05) is 12.5 Å². The summed E-state index contributed by atoms with van der Waals surface area (Å²) < 4.78 is 0. The first kappa shape index (κ1) is 9.15. The Morgan fingerprint density at radius 1 is 1.36 bits per heavy atom. The molecule has 0 aromatic rings. The number of rotatable bonds is 3. The van der Waals surface area contributed by atoms with Crippen molar-refractivity contribution in [1.82, 2.24) is 5.09 Å². The highest BCUT2D eigenvalue weighted by molar-refractivity contribution is 7.13. The Balaban J connectivity index is 2.18. The fraction of sp³-hybridized carbons (Fsp3) is 0.875. The van der Waals surface area contributed by atoms with Crippen LogP contribution >= 0.6 is 9.39 Å². The molecule has 1 fully saturated rings. The minimum Gasteiger partial charge on any atom is -0.303 e. The molecule has 0 saturated heterocycles. The highest BCUT2D eigenvalue weighted by atomic mass is 31.0. The summed E-state index contributed by atoms with van der Waals surface area (Å²) in [6.07, 6.45) is 6.70. The van der Waals surface area contributed by atoms with Crippen LogP contribution < -0.4 is 5.09 Å². The Morgan fingerprint density at radius 3 is 2.45 bits per heavy atom. The minimum atomic E-state index is 0.669. The van der Waals surface area contributed by atoms with Crippen LogP contribution in [-0.4, -0.2) is 12.3 Å². The van der Waals surface area contributed by atoms with E-state index >= 15 is 0 Å². The van der Waals surface area contributed by atoms with E-state index in [1.165, 1.54) is 25.7 Å². The highest BCUT2D eigenvalue weighted by Crippen LogP contribution is 2.26. The van der Waals surface area contributed by atoms with Gasteiger partial charge in [0.25, 0.3) is 0 Å². The summed E-state index contributed by atoms with van der Waals surface area (Å²) in [5, 5.41) is 3.19. The van der Waals surface area contributed by atoms with E-state index < -0.39 is 0 Å². The van der Waals surface area contributed by atoms with Crippen molar-refractivity contribution in [1.29, 1.82) is 0 Å². The summed E-state index contributed by atoms with van der Waals surface area (Å²) in [5.74, 6) is 0.669. The predicted octanol–water partition coefficient (Wildman–Crippen LogP) is 1.51. The van der Waals surface area contributed by atoms with Crippen molar-refractivity contribution in [3.8, 4) is 0 Å². The molecule has 1 saturated carbocycles. The maximum atomic E-state index is 10.2. The molecule has 0 bridgehead atoms. The maximum Gasteiger partial charge on any atom is 0.120 e. The quantitative estimate of drug-likeness (QED) is 0.517. The van der Waals surface area contributed by atoms with Crippen molar-refractivity contribution < 1.29 is 4.79 Å². The summed E-state index contributed by atoms with van der Waals surface area (Å²) in [6.45, 7) is 0. The van der Waals surface area contributed by atoms with Crippen LogP contribution in [0.3, 0.4) is 0 Å². The summed E-state index contributed by atoms with van der Waals surface area (Å²) in [4.78, 5) is 10.2. The molecule has 2 nitrogen and oxygen atoms in total. The second kappa shape index (κ2) is 4.84. The van der Waals surface area contributed by atoms with E-state index in [-0.39, 0.29) is 0 Å². The van der Waals surface area contributed by atoms with Crippen LogP contribution in [0.2, 0.25) is 0 Å². The molecule has 11 heavy (non-hydrogen) atoms. The third-order valence-electron chi connectivity index (χ3n) is 2.51. The van der Waals surface area contributed by atoms with Crippen molar-refractivity contribution in [3.63, 3.8) is 0 Å². The van der Waals surface area contributed by atoms with Crippen LogP contribution in [0.15, 0.2) is 0 Å². The lowest BCUT2D eigenvalue weighted by atomic mass is 9.85. The Hall–Kier alpha value is 0.0600. The molecule has 1 N–H and O–H groups in total. The zero-order valence-electron chi connectivity index (χ0n) is 6.75. The Bertz CT molecular complexity index is 121. The molecule has 1 aliphatic carbocycles. The van der Waals surface area contributed by atoms with E-state index in [2.05, 4.69) is 14.5 Å². The first-order valence-electron chi connectivity index (χ1n) is 4.26. The molecule has 0 radical (unpaired) electrons. The summed E-state index contributed by atoms with van der Waals surface area (Å²) in [5.41, 5.74) is 0. The smallest absolute Gasteiger partial charge is 0.120 e. The van der Waals surface area contributed by atoms with E-state index in [9.17, 15) is 4.79 Å². The van der Waals surface area contributed by atoms with Gasteiger partial charge in [-0.05, 0) is 31.6 Å². The summed E-state index contributed by atoms with van der Waals surface area (Å²) in [7, 11) is 2.57. The maximum absolute atomic E-state index is 10.2. The average molecular weight is 173 g/mol. The lowest BCUT2D eigenvalue weighted by Crippen LogP contribution is -2.26. The molecule has 0 aromatic heterocycles. The lowest BCUT2D eigenvalue weighted by Gasteiger charge is -2.26. The fourth-order valence-corrected chi connectivity index (χ4v) is 2.03. The second-order valence-electron chi connectivity index (χ2n) is 3.29. The van der Waals surface area contributed by atoms with Crippen LogP contribution in [0.25, 0.3) is 0 Å². The van der Waals surface area contributed by atoms with Gasteiger partial charge in [-0.2, -0.15) is 0 Å². The molecule has 0 spiro atoms. The third kappa shape index (κ3) is 2.88. The van der Waals surface area contributed by atoms with Crippen LogP contribution in [0.4, 0.5) is 0 Å². The first-order valence-corrected chi connectivity index (χ1v) is 4.84. The number of nitrogens with one attached hydrogen (secondary N) is 1. The van der Waals surface area contributed by atoms with Gasteiger partial charge < -0.3 is 4.79 Å². The van der Waals surface area contributed by atoms with Crippen LogP contribution in [0.1, 0.15) is 32.1 Å². The molecule has 1 atom stereocenters. The molecule has 0 aromatic carbocycles. The van der Waals surface area contributed by atoms with Gasteiger partial charge in [0.2, 0.25) is 0 Å². The van der Waals surface area contributed by atoms with Crippen molar-refractivity contribution in [2.75, 3.05) is 0 Å². The van der Waals surface area contributed by atoms with E-state index in [1.54, 1.807) is 0 Å². The van der Waals surface area contributed by atoms with Crippen LogP contribution in [-0.2, 0) is 4.79 Å². The van der Waals surface area contributed by atoms with Crippen molar-refractivity contribution in [3.05, 3.63) is 0 Å². The molecule has 0 aliphatic heterocycles. The van der Waals surface area contributed by atoms with E-state index in [0.717, 1.165) is 12.7 Å². The molecule has 1 aliphatic rings. The van der Waals surface area contributed by atoms with Gasteiger partial charge in [-0.15, -0.1) is 0 Å². The number of aldehydes is 1. The van der Waals surface area contributed by atoms with Gasteiger partial charge in [-0.1, -0.05) is 9.39 Å². The van der Waals surface area contributed by atoms with E-state index in [0.29, 0.717) is 12.0 Å². The van der Waals surface area contributed by atoms with Crippen molar-refractivity contribution in [2.45, 2.75) is 38.1 Å². The Morgan fingerprint density at radius 2 is 2.00 bits per heavy atom. The SMILES string of the molecule is O=CC[C@H]1CC[C@H](NP)CC1. The monoisotopic (exact) mass is 173 g/mol. The molecular weight excluding hydrogens is 157 g/mol. The zero-order valence-corrected chi connectivity index (χ0v) is 7.91. The van der Waals surface area contributed by atoms with Gasteiger partial charge >= 0.3 is 0 Å². The normalized spacial score (nSPS) is 31.7. The molecule has 64 valence electrons. The average Bonchev–Trinajstić information content (AvgIpc) is 2.07. The fourth-order valence-electron chi connectivity index (χ4n) is 1.70. The topological polar surface area (TPSA) is 29.1 Å². The molecule has 3 heteroatoms. The second-order valence-corrected chi connectivity index (χ2v) is 3.62. The van der Waals surface area contributed by atoms with Gasteiger partial charge in [0.15, 0.2) is 0 Å². The summed E-state index contributed by atoms with van der Waals surface area (Å²) in [6, 6.07) is 0.669. The highest BCUT2D eigenvalue weighted by Gasteiger charge is 2.18. The largest absolute Gasteiger partial charge is 0.303 e. The minimum absolute atomic E-state index is 0.669. The Labute approximate surface area is 70.4 Å². The van der Waals surface area contributed by atoms with Gasteiger partial charge in [-0.25, -0.2) is 0 Å². The van der Waals surface area contributed by atoms with Crippen LogP contribution in [0.5, 0.6) is 0 Å². The van der Waals surface area contributed by atoms with Crippen LogP contribution in [0, 0.1) is 5.92 Å². The molecule has 1 rings (SSSR count). The van der Waals surface area contributed by atoms with E-state index in [4.69, 9.17) is 0 Å². The predicted molar refractivity (Wildman–Crippen MR) is 49.3 cm³/mol. The van der Waals surface area contributed by atoms with Crippen molar-refractivity contribution in [2.24, 2.45) is 5.92 Å². The summed E-state index contributed by atoms with van der Waals surface area (Å²) >= 11 is 0. The number of hydrogen-bond donors (Lipinski definition) is 1. The van der Waals surface area contributed by atoms with E-state index in [1.807, 2.05) is 0 Å². The standard InChI is InChI=1S/C8H16NOP/c10-6-5-7-1-3-8(9-11)4-2-7/h6-9H,1-5,11H2/t7-,8-. The molecule has 1 unspecified atom stereocenters. The lowest BCUT2D eigenvalue weighted by molar-refractivity contribution is -0.108. The van der Waals surface area contributed by atoms with Gasteiger partial charge in [0.1, 0.15) is 6.29 Å². The van der Waals surface area contributed by atoms with Gasteiger partial charge in [0.05, 0.1) is 0 Å². The number of carbonyl (C=O) groups excluding carboxylic acids is 1. The Kier molecular flexibility index (Phi) is 4.03. The first-order chi connectivity index (χ1) is 5.36. The number of hydrogen-bond acceptors (Lipinski definition) is 2. The zero-order chi connectivity index (χ0) is 8.10. The van der Waals surface area contributed by atoms with Gasteiger partial charge in [-0.3, -0.25) is 5.09 Å². The van der Waals surface area contributed by atoms with Crippen molar-refractivity contribution >= 4 is 15.7 Å². The number of carbonyl (C=O) groups is 1. The molecular formula is C8H16NOP.